The smallest absolute Gasteiger partial charge is 0.405 e. The highest BCUT2D eigenvalue weighted by molar-refractivity contribution is 6.06. The molecule has 30 heavy (non-hydrogen) atoms. The summed E-state index contributed by atoms with van der Waals surface area (Å²) in [5.41, 5.74) is 0.566. The predicted molar refractivity (Wildman–Crippen MR) is 104 cm³/mol. The SMILES string of the molecule is O=C(NCC(F)(F)F)c1cccc(NC(=O)c2ccccc2OCC2CCCO2)c1. The third-order valence-corrected chi connectivity index (χ3v) is 4.41. The van der Waals surface area contributed by atoms with Crippen LogP contribution in [0, 0.1) is 0 Å². The molecule has 0 saturated carbocycles. The Labute approximate surface area is 171 Å². The molecule has 1 heterocycles. The van der Waals surface area contributed by atoms with Gasteiger partial charge in [-0.3, -0.25) is 9.59 Å². The molecule has 6 nitrogen and oxygen atoms in total. The van der Waals surface area contributed by atoms with Crippen molar-refractivity contribution in [2.75, 3.05) is 25.1 Å². The zero-order valence-corrected chi connectivity index (χ0v) is 16.0. The highest BCUT2D eigenvalue weighted by Gasteiger charge is 2.28. The molecule has 2 amide bonds. The van der Waals surface area contributed by atoms with Crippen molar-refractivity contribution in [3.8, 4) is 5.75 Å². The van der Waals surface area contributed by atoms with E-state index in [0.717, 1.165) is 12.8 Å². The monoisotopic (exact) mass is 422 g/mol. The molecular formula is C21H21F3N2O4. The summed E-state index contributed by atoms with van der Waals surface area (Å²) in [6.45, 7) is -0.403. The molecule has 1 aliphatic rings. The number of carbonyl (C=O) groups excluding carboxylic acids is 2. The van der Waals surface area contributed by atoms with Gasteiger partial charge in [-0.05, 0) is 43.2 Å². The molecule has 0 spiro atoms. The lowest BCUT2D eigenvalue weighted by Crippen LogP contribution is -2.33. The van der Waals surface area contributed by atoms with E-state index in [1.807, 2.05) is 0 Å². The van der Waals surface area contributed by atoms with Crippen molar-refractivity contribution >= 4 is 17.5 Å². The van der Waals surface area contributed by atoms with Crippen molar-refractivity contribution in [1.82, 2.24) is 5.32 Å². The van der Waals surface area contributed by atoms with E-state index in [1.54, 1.807) is 29.6 Å². The molecule has 1 atom stereocenters. The molecule has 1 unspecified atom stereocenters. The van der Waals surface area contributed by atoms with Gasteiger partial charge in [0, 0.05) is 17.9 Å². The number of anilines is 1. The second-order valence-corrected chi connectivity index (χ2v) is 6.77. The maximum absolute atomic E-state index is 12.7. The first-order valence-electron chi connectivity index (χ1n) is 9.41. The lowest BCUT2D eigenvalue weighted by molar-refractivity contribution is -0.123. The number of hydrogen-bond donors (Lipinski definition) is 2. The standard InChI is InChI=1S/C21H21F3N2O4/c22-21(23,24)13-25-19(27)14-5-3-6-15(11-14)26-20(28)17-8-1-2-9-18(17)30-12-16-7-4-10-29-16/h1-3,5-6,8-9,11,16H,4,7,10,12-13H2,(H,25,27)(H,26,28). The lowest BCUT2D eigenvalue weighted by Gasteiger charge is -2.15. The van der Waals surface area contributed by atoms with Crippen LogP contribution in [-0.4, -0.2) is 43.9 Å². The molecule has 160 valence electrons. The quantitative estimate of drug-likeness (QED) is 0.712. The molecule has 9 heteroatoms. The maximum atomic E-state index is 12.7. The van der Waals surface area contributed by atoms with Crippen molar-refractivity contribution < 1.29 is 32.2 Å². The van der Waals surface area contributed by atoms with Crippen LogP contribution in [0.15, 0.2) is 48.5 Å². The molecule has 2 N–H and O–H groups in total. The molecule has 2 aromatic carbocycles. The fourth-order valence-corrected chi connectivity index (χ4v) is 2.96. The topological polar surface area (TPSA) is 76.7 Å². The Kier molecular flexibility index (Phi) is 6.94. The van der Waals surface area contributed by atoms with Crippen LogP contribution in [0.1, 0.15) is 33.6 Å². The van der Waals surface area contributed by atoms with Gasteiger partial charge < -0.3 is 20.1 Å². The van der Waals surface area contributed by atoms with Gasteiger partial charge in [0.2, 0.25) is 0 Å². The summed E-state index contributed by atoms with van der Waals surface area (Å²) >= 11 is 0. The fourth-order valence-electron chi connectivity index (χ4n) is 2.96. The molecule has 1 saturated heterocycles. The van der Waals surface area contributed by atoms with Gasteiger partial charge in [0.15, 0.2) is 0 Å². The third-order valence-electron chi connectivity index (χ3n) is 4.41. The highest BCUT2D eigenvalue weighted by atomic mass is 19.4. The lowest BCUT2D eigenvalue weighted by atomic mass is 10.1. The number of ether oxygens (including phenoxy) is 2. The normalized spacial score (nSPS) is 16.2. The first kappa shape index (κ1) is 21.6. The van der Waals surface area contributed by atoms with Crippen LogP contribution >= 0.6 is 0 Å². The van der Waals surface area contributed by atoms with Crippen molar-refractivity contribution in [2.45, 2.75) is 25.1 Å². The van der Waals surface area contributed by atoms with Crippen LogP contribution in [0.25, 0.3) is 0 Å². The molecule has 0 aromatic heterocycles. The Bertz CT molecular complexity index is 896. The van der Waals surface area contributed by atoms with E-state index >= 15 is 0 Å². The van der Waals surface area contributed by atoms with Crippen molar-refractivity contribution in [3.63, 3.8) is 0 Å². The van der Waals surface area contributed by atoms with E-state index < -0.39 is 24.5 Å². The number of amides is 2. The Morgan fingerprint density at radius 3 is 2.63 bits per heavy atom. The predicted octanol–water partition coefficient (Wildman–Crippen LogP) is 3.79. The average Bonchev–Trinajstić information content (AvgIpc) is 3.24. The molecule has 0 bridgehead atoms. The summed E-state index contributed by atoms with van der Waals surface area (Å²) in [4.78, 5) is 24.6. The van der Waals surface area contributed by atoms with Gasteiger partial charge in [0.1, 0.15) is 18.9 Å². The van der Waals surface area contributed by atoms with Crippen LogP contribution in [-0.2, 0) is 4.74 Å². The molecule has 2 aromatic rings. The van der Waals surface area contributed by atoms with Crippen LogP contribution in [0.4, 0.5) is 18.9 Å². The molecule has 1 fully saturated rings. The average molecular weight is 422 g/mol. The summed E-state index contributed by atoms with van der Waals surface area (Å²) in [7, 11) is 0. The van der Waals surface area contributed by atoms with E-state index in [2.05, 4.69) is 5.32 Å². The Balaban J connectivity index is 1.65. The summed E-state index contributed by atoms with van der Waals surface area (Å²) in [6, 6.07) is 12.4. The minimum atomic E-state index is -4.51. The fraction of sp³-hybridized carbons (Fsp3) is 0.333. The van der Waals surface area contributed by atoms with Gasteiger partial charge in [-0.25, -0.2) is 0 Å². The Morgan fingerprint density at radius 1 is 1.10 bits per heavy atom. The van der Waals surface area contributed by atoms with Gasteiger partial charge in [0.05, 0.1) is 11.7 Å². The van der Waals surface area contributed by atoms with E-state index in [0.29, 0.717) is 24.5 Å². The largest absolute Gasteiger partial charge is 0.490 e. The van der Waals surface area contributed by atoms with Crippen molar-refractivity contribution in [2.24, 2.45) is 0 Å². The highest BCUT2D eigenvalue weighted by Crippen LogP contribution is 2.22. The number of benzene rings is 2. The van der Waals surface area contributed by atoms with Crippen molar-refractivity contribution in [3.05, 3.63) is 59.7 Å². The number of rotatable bonds is 7. The van der Waals surface area contributed by atoms with Gasteiger partial charge in [0.25, 0.3) is 11.8 Å². The minimum absolute atomic E-state index is 0.0000303. The first-order chi connectivity index (χ1) is 14.3. The van der Waals surface area contributed by atoms with Gasteiger partial charge >= 0.3 is 6.18 Å². The maximum Gasteiger partial charge on any atom is 0.405 e. The van der Waals surface area contributed by atoms with Crippen LogP contribution in [0.5, 0.6) is 5.75 Å². The van der Waals surface area contributed by atoms with Gasteiger partial charge in [-0.1, -0.05) is 18.2 Å². The minimum Gasteiger partial charge on any atom is -0.490 e. The van der Waals surface area contributed by atoms with E-state index in [9.17, 15) is 22.8 Å². The summed E-state index contributed by atoms with van der Waals surface area (Å²) < 4.78 is 48.1. The second-order valence-electron chi connectivity index (χ2n) is 6.77. The molecule has 3 rings (SSSR count). The van der Waals surface area contributed by atoms with E-state index in [1.165, 1.54) is 24.3 Å². The van der Waals surface area contributed by atoms with E-state index in [-0.39, 0.29) is 17.4 Å². The molecule has 0 aliphatic carbocycles. The number of alkyl halides is 3. The molecular weight excluding hydrogens is 401 g/mol. The number of para-hydroxylation sites is 1. The summed E-state index contributed by atoms with van der Waals surface area (Å²) in [5.74, 6) is -0.959. The van der Waals surface area contributed by atoms with Gasteiger partial charge in [-0.2, -0.15) is 13.2 Å². The van der Waals surface area contributed by atoms with Crippen LogP contribution in [0.3, 0.4) is 0 Å². The number of nitrogens with one attached hydrogen (secondary N) is 2. The van der Waals surface area contributed by atoms with Crippen LogP contribution < -0.4 is 15.4 Å². The van der Waals surface area contributed by atoms with Gasteiger partial charge in [-0.15, -0.1) is 0 Å². The summed E-state index contributed by atoms with van der Waals surface area (Å²) in [5, 5.41) is 4.44. The molecule has 1 aliphatic heterocycles. The zero-order chi connectivity index (χ0) is 21.6. The Hall–Kier alpha value is -3.07. The first-order valence-corrected chi connectivity index (χ1v) is 9.41. The third kappa shape index (κ3) is 6.21. The Morgan fingerprint density at radius 2 is 1.90 bits per heavy atom. The molecule has 0 radical (unpaired) electrons. The summed E-state index contributed by atoms with van der Waals surface area (Å²) in [6.07, 6.45) is -2.64. The number of halogens is 3. The van der Waals surface area contributed by atoms with Crippen molar-refractivity contribution in [1.29, 1.82) is 0 Å². The second kappa shape index (κ2) is 9.62. The van der Waals surface area contributed by atoms with Crippen LogP contribution in [0.2, 0.25) is 0 Å². The number of carbonyl (C=O) groups is 2. The number of hydrogen-bond acceptors (Lipinski definition) is 4. The van der Waals surface area contributed by atoms with E-state index in [4.69, 9.17) is 9.47 Å². The zero-order valence-electron chi connectivity index (χ0n) is 16.0.